The highest BCUT2D eigenvalue weighted by atomic mass is 35.5. The smallest absolute Gasteiger partial charge is 0.405 e. The first-order valence-corrected chi connectivity index (χ1v) is 12.5. The number of aryl methyl sites for hydroxylation is 1. The average molecular weight is 588 g/mol. The topological polar surface area (TPSA) is 87.6 Å². The molecule has 1 aromatic heterocycles. The Morgan fingerprint density at radius 1 is 1.15 bits per heavy atom. The molecule has 3 N–H and O–H groups in total. The fourth-order valence-corrected chi connectivity index (χ4v) is 4.15. The molecule has 8 nitrogen and oxygen atoms in total. The standard InChI is InChI=1S/C25H26ClF4N5O3S/c1-13-9-10-16(15(27)11-13)32-22-19(23(36)31-12-25(28,29)30)21(14(2)24(37)35(22)5)38-18-8-6-7-17(20(18)26)33-39-34(3)4/h6-11,32-33H,12H2,1-5H3,(H,31,36). The summed E-state index contributed by atoms with van der Waals surface area (Å²) in [5.41, 5.74) is -0.227. The number of carbonyl (C=O) groups is 1. The number of amides is 1. The molecule has 1 amide bonds. The maximum absolute atomic E-state index is 14.7. The Balaban J connectivity index is 2.20. The number of pyridine rings is 1. The van der Waals surface area contributed by atoms with E-state index in [9.17, 15) is 27.2 Å². The minimum atomic E-state index is -4.71. The van der Waals surface area contributed by atoms with E-state index in [1.54, 1.807) is 48.8 Å². The molecule has 0 aliphatic rings. The molecule has 0 radical (unpaired) electrons. The summed E-state index contributed by atoms with van der Waals surface area (Å²) in [6.07, 6.45) is -4.71. The molecule has 0 aliphatic heterocycles. The minimum Gasteiger partial charge on any atom is -0.454 e. The number of nitrogens with zero attached hydrogens (tertiary/aromatic N) is 2. The van der Waals surface area contributed by atoms with Crippen LogP contribution in [-0.2, 0) is 7.05 Å². The van der Waals surface area contributed by atoms with E-state index < -0.39 is 35.6 Å². The Kier molecular flexibility index (Phi) is 9.41. The summed E-state index contributed by atoms with van der Waals surface area (Å²) in [5, 5.41) is 4.57. The maximum Gasteiger partial charge on any atom is 0.405 e. The Labute approximate surface area is 231 Å². The molecular formula is C25H26ClF4N5O3S. The molecule has 0 aliphatic carbocycles. The zero-order valence-electron chi connectivity index (χ0n) is 21.6. The number of hydrogen-bond donors (Lipinski definition) is 3. The molecule has 0 bridgehead atoms. The van der Waals surface area contributed by atoms with Gasteiger partial charge in [-0.3, -0.25) is 14.2 Å². The molecule has 0 atom stereocenters. The first-order chi connectivity index (χ1) is 18.2. The second-order valence-electron chi connectivity index (χ2n) is 8.67. The van der Waals surface area contributed by atoms with E-state index in [0.29, 0.717) is 11.3 Å². The lowest BCUT2D eigenvalue weighted by molar-refractivity contribution is -0.123. The van der Waals surface area contributed by atoms with Crippen LogP contribution < -0.4 is 25.7 Å². The lowest BCUT2D eigenvalue weighted by Crippen LogP contribution is -2.36. The summed E-state index contributed by atoms with van der Waals surface area (Å²) in [6, 6.07) is 8.91. The van der Waals surface area contributed by atoms with Crippen LogP contribution in [0.2, 0.25) is 5.02 Å². The van der Waals surface area contributed by atoms with E-state index in [-0.39, 0.29) is 33.6 Å². The van der Waals surface area contributed by atoms with Crippen LogP contribution in [0.15, 0.2) is 41.2 Å². The first kappa shape index (κ1) is 30.1. The number of carbonyl (C=O) groups excluding carboxylic acids is 1. The molecule has 2 aromatic carbocycles. The molecule has 0 fully saturated rings. The van der Waals surface area contributed by atoms with Crippen LogP contribution in [0.5, 0.6) is 11.5 Å². The van der Waals surface area contributed by atoms with E-state index in [4.69, 9.17) is 16.3 Å². The third-order valence-corrected chi connectivity index (χ3v) is 6.40. The molecule has 0 saturated heterocycles. The van der Waals surface area contributed by atoms with Gasteiger partial charge in [0.15, 0.2) is 5.75 Å². The van der Waals surface area contributed by atoms with Gasteiger partial charge in [-0.15, -0.1) is 0 Å². The van der Waals surface area contributed by atoms with Gasteiger partial charge >= 0.3 is 6.18 Å². The quantitative estimate of drug-likeness (QED) is 0.204. The van der Waals surface area contributed by atoms with Gasteiger partial charge < -0.3 is 20.1 Å². The van der Waals surface area contributed by atoms with E-state index >= 15 is 0 Å². The normalized spacial score (nSPS) is 11.5. The zero-order chi connectivity index (χ0) is 29.1. The third-order valence-electron chi connectivity index (χ3n) is 5.33. The van der Waals surface area contributed by atoms with Gasteiger partial charge in [0.05, 0.1) is 16.9 Å². The van der Waals surface area contributed by atoms with E-state index in [2.05, 4.69) is 10.0 Å². The minimum absolute atomic E-state index is 0.0229. The largest absolute Gasteiger partial charge is 0.454 e. The van der Waals surface area contributed by atoms with Crippen LogP contribution in [0.3, 0.4) is 0 Å². The maximum atomic E-state index is 14.7. The Morgan fingerprint density at radius 3 is 2.46 bits per heavy atom. The molecule has 0 saturated carbocycles. The highest BCUT2D eigenvalue weighted by Gasteiger charge is 2.32. The fourth-order valence-electron chi connectivity index (χ4n) is 3.43. The predicted octanol–water partition coefficient (Wildman–Crippen LogP) is 6.16. The Hall–Kier alpha value is -3.42. The number of nitrogens with one attached hydrogen (secondary N) is 3. The molecule has 39 heavy (non-hydrogen) atoms. The second kappa shape index (κ2) is 12.2. The first-order valence-electron chi connectivity index (χ1n) is 11.4. The van der Waals surface area contributed by atoms with Gasteiger partial charge in [0.2, 0.25) is 0 Å². The second-order valence-corrected chi connectivity index (χ2v) is 10.2. The van der Waals surface area contributed by atoms with Crippen molar-refractivity contribution < 1.29 is 27.1 Å². The summed E-state index contributed by atoms with van der Waals surface area (Å²) in [7, 11) is 4.89. The van der Waals surface area contributed by atoms with Crippen LogP contribution >= 0.6 is 23.7 Å². The number of aromatic nitrogens is 1. The Bertz CT molecular complexity index is 1450. The van der Waals surface area contributed by atoms with E-state index in [1.165, 1.54) is 44.3 Å². The number of rotatable bonds is 9. The number of alkyl halides is 3. The molecular weight excluding hydrogens is 562 g/mol. The third kappa shape index (κ3) is 7.37. The van der Waals surface area contributed by atoms with Crippen LogP contribution in [0.1, 0.15) is 21.5 Å². The van der Waals surface area contributed by atoms with Gasteiger partial charge in [-0.2, -0.15) is 13.2 Å². The van der Waals surface area contributed by atoms with Crippen molar-refractivity contribution in [3.8, 4) is 11.5 Å². The van der Waals surface area contributed by atoms with Crippen molar-refractivity contribution in [2.45, 2.75) is 20.0 Å². The highest BCUT2D eigenvalue weighted by molar-refractivity contribution is 7.98. The van der Waals surface area contributed by atoms with Crippen LogP contribution in [-0.4, -0.2) is 41.6 Å². The summed E-state index contributed by atoms with van der Waals surface area (Å²) in [4.78, 5) is 26.3. The zero-order valence-corrected chi connectivity index (χ0v) is 23.2. The van der Waals surface area contributed by atoms with Crippen LogP contribution in [0.25, 0.3) is 0 Å². The SMILES string of the molecule is Cc1ccc(Nc2c(C(=O)NCC(F)(F)F)c(Oc3cccc(NSN(C)C)c3Cl)c(C)c(=O)n2C)c(F)c1. The number of anilines is 3. The fraction of sp³-hybridized carbons (Fsp3) is 0.280. The van der Waals surface area contributed by atoms with Crippen molar-refractivity contribution in [1.29, 1.82) is 0 Å². The van der Waals surface area contributed by atoms with E-state index in [0.717, 1.165) is 4.57 Å². The van der Waals surface area contributed by atoms with E-state index in [1.807, 2.05) is 0 Å². The van der Waals surface area contributed by atoms with Crippen molar-refractivity contribution in [1.82, 2.24) is 14.2 Å². The monoisotopic (exact) mass is 587 g/mol. The lowest BCUT2D eigenvalue weighted by atomic mass is 10.1. The molecule has 210 valence electrons. The summed E-state index contributed by atoms with van der Waals surface area (Å²) in [5.74, 6) is -2.50. The summed E-state index contributed by atoms with van der Waals surface area (Å²) >= 11 is 7.72. The summed E-state index contributed by atoms with van der Waals surface area (Å²) in [6.45, 7) is 1.37. The number of benzene rings is 2. The van der Waals surface area contributed by atoms with Crippen LogP contribution in [0, 0.1) is 19.7 Å². The average Bonchev–Trinajstić information content (AvgIpc) is 2.85. The number of hydrogen-bond acceptors (Lipinski definition) is 7. The highest BCUT2D eigenvalue weighted by Crippen LogP contribution is 2.40. The molecule has 3 aromatic rings. The molecule has 1 heterocycles. The van der Waals surface area contributed by atoms with Gasteiger partial charge in [0, 0.05) is 19.2 Å². The van der Waals surface area contributed by atoms with Crippen molar-refractivity contribution in [3.63, 3.8) is 0 Å². The van der Waals surface area contributed by atoms with Gasteiger partial charge in [0.25, 0.3) is 11.5 Å². The van der Waals surface area contributed by atoms with Crippen molar-refractivity contribution in [2.75, 3.05) is 30.7 Å². The molecule has 0 unspecified atom stereocenters. The Morgan fingerprint density at radius 2 is 1.85 bits per heavy atom. The van der Waals surface area contributed by atoms with Crippen LogP contribution in [0.4, 0.5) is 34.8 Å². The van der Waals surface area contributed by atoms with Crippen molar-refractivity contribution >= 4 is 46.8 Å². The summed E-state index contributed by atoms with van der Waals surface area (Å²) < 4.78 is 65.3. The number of ether oxygens (including phenoxy) is 1. The van der Waals surface area contributed by atoms with Gasteiger partial charge in [-0.05, 0) is 57.8 Å². The molecule has 3 rings (SSSR count). The molecule has 14 heteroatoms. The van der Waals surface area contributed by atoms with Crippen molar-refractivity contribution in [2.24, 2.45) is 7.05 Å². The van der Waals surface area contributed by atoms with Crippen molar-refractivity contribution in [3.05, 3.63) is 74.3 Å². The lowest BCUT2D eigenvalue weighted by Gasteiger charge is -2.22. The predicted molar refractivity (Wildman–Crippen MR) is 146 cm³/mol. The van der Waals surface area contributed by atoms with Gasteiger partial charge in [0.1, 0.15) is 34.5 Å². The molecule has 0 spiro atoms. The number of halogens is 5. The van der Waals surface area contributed by atoms with Gasteiger partial charge in [-0.1, -0.05) is 23.7 Å². The van der Waals surface area contributed by atoms with Gasteiger partial charge in [-0.25, -0.2) is 8.70 Å².